The number of furan rings is 1. The van der Waals surface area contributed by atoms with Crippen LogP contribution in [-0.4, -0.2) is 18.1 Å². The lowest BCUT2D eigenvalue weighted by Crippen LogP contribution is -2.36. The molecule has 0 bridgehead atoms. The molecule has 0 aliphatic carbocycles. The van der Waals surface area contributed by atoms with Crippen molar-refractivity contribution in [1.82, 2.24) is 0 Å². The number of benzene rings is 2. The first-order valence-corrected chi connectivity index (χ1v) is 6.03. The average molecular weight is 296 g/mol. The molecule has 6 heteroatoms. The van der Waals surface area contributed by atoms with Crippen molar-refractivity contribution in [2.24, 2.45) is 0 Å². The molecule has 0 unspecified atom stereocenters. The van der Waals surface area contributed by atoms with Gasteiger partial charge in [0.25, 0.3) is 0 Å². The lowest BCUT2D eigenvalue weighted by molar-refractivity contribution is -0.0958. The molecular formula is C15H8F4O2. The van der Waals surface area contributed by atoms with Crippen molar-refractivity contribution in [2.45, 2.75) is 12.3 Å². The number of hydrogen-bond acceptors (Lipinski definition) is 2. The topological polar surface area (TPSA) is 30.2 Å². The lowest BCUT2D eigenvalue weighted by atomic mass is 10.0. The van der Waals surface area contributed by atoms with Crippen LogP contribution in [0.25, 0.3) is 21.9 Å². The Labute approximate surface area is 116 Å². The molecule has 0 aliphatic heterocycles. The molecule has 3 aromatic rings. The number of rotatable bonds is 3. The average Bonchev–Trinajstić information content (AvgIpc) is 2.84. The highest BCUT2D eigenvalue weighted by atomic mass is 19.3. The van der Waals surface area contributed by atoms with Gasteiger partial charge in [-0.05, 0) is 24.3 Å². The first kappa shape index (κ1) is 13.6. The fourth-order valence-electron chi connectivity index (χ4n) is 2.16. The third kappa shape index (κ3) is 2.07. The summed E-state index contributed by atoms with van der Waals surface area (Å²) in [5.74, 6) is -6.60. The summed E-state index contributed by atoms with van der Waals surface area (Å²) in [5.41, 5.74) is 0.449. The number of hydrogen-bond donors (Lipinski definition) is 0. The van der Waals surface area contributed by atoms with E-state index in [0.717, 1.165) is 12.1 Å². The van der Waals surface area contributed by atoms with E-state index in [-0.39, 0.29) is 0 Å². The molecular weight excluding hydrogens is 288 g/mol. The molecule has 108 valence electrons. The molecule has 3 rings (SSSR count). The predicted octanol–water partition coefficient (Wildman–Crippen LogP) is 4.67. The van der Waals surface area contributed by atoms with Gasteiger partial charge < -0.3 is 4.42 Å². The third-order valence-electron chi connectivity index (χ3n) is 3.22. The third-order valence-corrected chi connectivity index (χ3v) is 3.22. The molecule has 0 radical (unpaired) electrons. The van der Waals surface area contributed by atoms with Crippen LogP contribution in [0.5, 0.6) is 0 Å². The summed E-state index contributed by atoms with van der Waals surface area (Å²) in [6.45, 7) is 0. The van der Waals surface area contributed by atoms with E-state index in [1.165, 1.54) is 6.07 Å². The minimum Gasteiger partial charge on any atom is -0.456 e. The first-order chi connectivity index (χ1) is 9.91. The molecule has 0 aliphatic rings. The summed E-state index contributed by atoms with van der Waals surface area (Å²) in [4.78, 5) is 11.5. The monoisotopic (exact) mass is 296 g/mol. The largest absolute Gasteiger partial charge is 0.456 e. The smallest absolute Gasteiger partial charge is 0.368 e. The second kappa shape index (κ2) is 4.58. The molecule has 1 heterocycles. The van der Waals surface area contributed by atoms with Crippen LogP contribution in [0.2, 0.25) is 0 Å². The maximum absolute atomic E-state index is 13.1. The Morgan fingerprint density at radius 3 is 2.38 bits per heavy atom. The number of carbonyl (C=O) groups is 1. The molecule has 0 atom stereocenters. The van der Waals surface area contributed by atoms with E-state index >= 15 is 0 Å². The number of alkyl halides is 4. The van der Waals surface area contributed by atoms with Crippen LogP contribution in [0.3, 0.4) is 0 Å². The zero-order chi connectivity index (χ0) is 15.2. The van der Waals surface area contributed by atoms with Crippen LogP contribution in [0.1, 0.15) is 10.4 Å². The standard InChI is InChI=1S/C15H8F4O2/c16-14(17)15(18,19)13(20)8-5-6-12-10(7-8)9-3-1-2-4-11(9)21-12/h1-7,14H. The van der Waals surface area contributed by atoms with Crippen LogP contribution < -0.4 is 0 Å². The summed E-state index contributed by atoms with van der Waals surface area (Å²) in [6.07, 6.45) is -4.04. The van der Waals surface area contributed by atoms with Gasteiger partial charge in [-0.3, -0.25) is 4.79 Å². The summed E-state index contributed by atoms with van der Waals surface area (Å²) in [6, 6.07) is 10.4. The molecule has 21 heavy (non-hydrogen) atoms. The Morgan fingerprint density at radius 1 is 1.00 bits per heavy atom. The van der Waals surface area contributed by atoms with Gasteiger partial charge in [0.2, 0.25) is 5.78 Å². The van der Waals surface area contributed by atoms with E-state index in [1.807, 2.05) is 0 Å². The van der Waals surface area contributed by atoms with Crippen molar-refractivity contribution in [3.8, 4) is 0 Å². The van der Waals surface area contributed by atoms with E-state index in [0.29, 0.717) is 21.9 Å². The van der Waals surface area contributed by atoms with Gasteiger partial charge >= 0.3 is 12.3 Å². The SMILES string of the molecule is O=C(c1ccc2oc3ccccc3c2c1)C(F)(F)C(F)F. The van der Waals surface area contributed by atoms with Crippen molar-refractivity contribution in [3.05, 3.63) is 48.0 Å². The van der Waals surface area contributed by atoms with E-state index in [2.05, 4.69) is 0 Å². The van der Waals surface area contributed by atoms with Gasteiger partial charge in [-0.1, -0.05) is 18.2 Å². The molecule has 0 fully saturated rings. The van der Waals surface area contributed by atoms with Crippen LogP contribution in [0, 0.1) is 0 Å². The normalized spacial score (nSPS) is 12.4. The maximum atomic E-state index is 13.1. The van der Waals surface area contributed by atoms with Gasteiger partial charge in [-0.25, -0.2) is 8.78 Å². The fraction of sp³-hybridized carbons (Fsp3) is 0.133. The lowest BCUT2D eigenvalue weighted by Gasteiger charge is -2.13. The van der Waals surface area contributed by atoms with Crippen molar-refractivity contribution >= 4 is 27.7 Å². The quantitative estimate of drug-likeness (QED) is 0.519. The van der Waals surface area contributed by atoms with Crippen LogP contribution in [0.4, 0.5) is 17.6 Å². The summed E-state index contributed by atoms with van der Waals surface area (Å²) >= 11 is 0. The molecule has 1 aromatic heterocycles. The highest BCUT2D eigenvalue weighted by molar-refractivity contribution is 6.10. The highest BCUT2D eigenvalue weighted by Gasteiger charge is 2.49. The Morgan fingerprint density at radius 2 is 1.67 bits per heavy atom. The van der Waals surface area contributed by atoms with Crippen molar-refractivity contribution < 1.29 is 26.8 Å². The van der Waals surface area contributed by atoms with E-state index in [1.54, 1.807) is 24.3 Å². The Hall–Kier alpha value is -2.37. The van der Waals surface area contributed by atoms with Gasteiger partial charge in [0, 0.05) is 16.3 Å². The van der Waals surface area contributed by atoms with Crippen LogP contribution >= 0.6 is 0 Å². The molecule has 0 saturated carbocycles. The Balaban J connectivity index is 2.17. The summed E-state index contributed by atoms with van der Waals surface area (Å²) in [7, 11) is 0. The van der Waals surface area contributed by atoms with Crippen LogP contribution in [-0.2, 0) is 0 Å². The number of Topliss-reactive ketones (excluding diaryl/α,β-unsaturated/α-hetero) is 1. The molecule has 2 nitrogen and oxygen atoms in total. The van der Waals surface area contributed by atoms with Crippen molar-refractivity contribution in [3.63, 3.8) is 0 Å². The van der Waals surface area contributed by atoms with Crippen molar-refractivity contribution in [2.75, 3.05) is 0 Å². The Bertz CT molecular complexity index is 836. The maximum Gasteiger partial charge on any atom is 0.368 e. The molecule has 0 N–H and O–H groups in total. The van der Waals surface area contributed by atoms with Gasteiger partial charge in [-0.15, -0.1) is 0 Å². The minimum atomic E-state index is -4.70. The van der Waals surface area contributed by atoms with Gasteiger partial charge in [0.05, 0.1) is 0 Å². The first-order valence-electron chi connectivity index (χ1n) is 6.03. The molecule has 2 aromatic carbocycles. The highest BCUT2D eigenvalue weighted by Crippen LogP contribution is 2.32. The van der Waals surface area contributed by atoms with E-state index in [9.17, 15) is 22.4 Å². The van der Waals surface area contributed by atoms with E-state index in [4.69, 9.17) is 4.42 Å². The predicted molar refractivity (Wildman–Crippen MR) is 69.0 cm³/mol. The Kier molecular flexibility index (Phi) is 2.97. The van der Waals surface area contributed by atoms with Crippen LogP contribution in [0.15, 0.2) is 46.9 Å². The number of carbonyl (C=O) groups excluding carboxylic acids is 1. The van der Waals surface area contributed by atoms with E-state index < -0.39 is 23.7 Å². The van der Waals surface area contributed by atoms with Gasteiger partial charge in [0.15, 0.2) is 0 Å². The molecule has 0 saturated heterocycles. The summed E-state index contributed by atoms with van der Waals surface area (Å²) < 4.78 is 56.3. The van der Waals surface area contributed by atoms with Crippen molar-refractivity contribution in [1.29, 1.82) is 0 Å². The number of ketones is 1. The fourth-order valence-corrected chi connectivity index (χ4v) is 2.16. The second-order valence-electron chi connectivity index (χ2n) is 4.56. The number of para-hydroxylation sites is 1. The summed E-state index contributed by atoms with van der Waals surface area (Å²) in [5, 5.41) is 1.06. The number of fused-ring (bicyclic) bond motifs is 3. The zero-order valence-electron chi connectivity index (χ0n) is 10.4. The molecule has 0 amide bonds. The molecule has 0 spiro atoms. The number of halogens is 4. The second-order valence-corrected chi connectivity index (χ2v) is 4.56. The minimum absolute atomic E-state index is 0.396. The zero-order valence-corrected chi connectivity index (χ0v) is 10.4. The van der Waals surface area contributed by atoms with Gasteiger partial charge in [0.1, 0.15) is 11.2 Å². The van der Waals surface area contributed by atoms with Gasteiger partial charge in [-0.2, -0.15) is 8.78 Å².